The molecule has 6 nitrogen and oxygen atoms in total. The van der Waals surface area contributed by atoms with Gasteiger partial charge in [-0.2, -0.15) is 0 Å². The molecule has 0 aliphatic carbocycles. The van der Waals surface area contributed by atoms with E-state index in [0.717, 1.165) is 13.1 Å². The second-order valence-electron chi connectivity index (χ2n) is 5.64. The van der Waals surface area contributed by atoms with Crippen molar-refractivity contribution < 1.29 is 9.90 Å². The second-order valence-corrected chi connectivity index (χ2v) is 5.64. The maximum atomic E-state index is 12.2. The van der Waals surface area contributed by atoms with E-state index in [1.807, 2.05) is 0 Å². The Morgan fingerprint density at radius 1 is 1.09 bits per heavy atom. The Balaban J connectivity index is 1.54. The van der Waals surface area contributed by atoms with Crippen molar-refractivity contribution in [3.63, 3.8) is 0 Å². The molecule has 0 bridgehead atoms. The fourth-order valence-electron chi connectivity index (χ4n) is 2.57. The number of nitrogens with zero attached hydrogens (tertiary/aromatic N) is 3. The van der Waals surface area contributed by atoms with Crippen molar-refractivity contribution in [2.75, 3.05) is 36.4 Å². The van der Waals surface area contributed by atoms with Crippen LogP contribution in [0.4, 0.5) is 16.3 Å². The number of urea groups is 1. The van der Waals surface area contributed by atoms with E-state index in [0.29, 0.717) is 18.9 Å². The second kappa shape index (κ2) is 6.56. The maximum Gasteiger partial charge on any atom is 0.323 e. The van der Waals surface area contributed by atoms with Crippen molar-refractivity contribution in [1.29, 1.82) is 0 Å². The van der Waals surface area contributed by atoms with Crippen LogP contribution in [0.25, 0.3) is 0 Å². The molecule has 2 heterocycles. The highest BCUT2D eigenvalue weighted by Gasteiger charge is 2.21. The molecule has 1 aromatic carbocycles. The number of anilines is 2. The molecule has 1 aliphatic heterocycles. The summed E-state index contributed by atoms with van der Waals surface area (Å²) in [4.78, 5) is 20.3. The zero-order valence-electron chi connectivity index (χ0n) is 13.1. The molecule has 6 heteroatoms. The van der Waals surface area contributed by atoms with Crippen molar-refractivity contribution in [2.45, 2.75) is 6.92 Å². The fraction of sp³-hybridized carbons (Fsp3) is 0.294. The van der Waals surface area contributed by atoms with Crippen molar-refractivity contribution in [3.8, 4) is 5.75 Å². The van der Waals surface area contributed by atoms with Gasteiger partial charge >= 0.3 is 6.03 Å². The molecule has 3 rings (SSSR count). The molecule has 2 amide bonds. The summed E-state index contributed by atoms with van der Waals surface area (Å²) in [5, 5.41) is 12.0. The van der Waals surface area contributed by atoms with E-state index < -0.39 is 0 Å². The molecule has 0 saturated carbocycles. The first-order valence-electron chi connectivity index (χ1n) is 7.64. The van der Waals surface area contributed by atoms with Gasteiger partial charge in [-0.05, 0) is 31.2 Å². The Morgan fingerprint density at radius 3 is 2.39 bits per heavy atom. The van der Waals surface area contributed by atoms with E-state index in [9.17, 15) is 9.90 Å². The zero-order chi connectivity index (χ0) is 16.2. The van der Waals surface area contributed by atoms with E-state index in [4.69, 9.17) is 0 Å². The first-order valence-corrected chi connectivity index (χ1v) is 7.64. The van der Waals surface area contributed by atoms with Crippen LogP contribution in [0.15, 0.2) is 42.6 Å². The summed E-state index contributed by atoms with van der Waals surface area (Å²) >= 11 is 0. The van der Waals surface area contributed by atoms with E-state index in [2.05, 4.69) is 46.4 Å². The lowest BCUT2D eigenvalue weighted by molar-refractivity contribution is 0.208. The van der Waals surface area contributed by atoms with Crippen molar-refractivity contribution in [2.24, 2.45) is 0 Å². The molecule has 2 aromatic rings. The first kappa shape index (κ1) is 15.1. The average Bonchev–Trinajstić information content (AvgIpc) is 2.58. The van der Waals surface area contributed by atoms with Crippen LogP contribution >= 0.6 is 0 Å². The Morgan fingerprint density at radius 2 is 1.78 bits per heavy atom. The summed E-state index contributed by atoms with van der Waals surface area (Å²) in [6.07, 6.45) is 1.31. The minimum Gasteiger partial charge on any atom is -0.506 e. The fourth-order valence-corrected chi connectivity index (χ4v) is 2.57. The number of benzene rings is 1. The number of pyridine rings is 1. The first-order chi connectivity index (χ1) is 11.1. The summed E-state index contributed by atoms with van der Waals surface area (Å²) in [6.45, 7) is 5.01. The van der Waals surface area contributed by atoms with Crippen molar-refractivity contribution in [3.05, 3.63) is 48.2 Å². The largest absolute Gasteiger partial charge is 0.506 e. The molecular formula is C17H20N4O2. The van der Waals surface area contributed by atoms with Gasteiger partial charge in [-0.1, -0.05) is 17.7 Å². The van der Waals surface area contributed by atoms with Crippen molar-refractivity contribution in [1.82, 2.24) is 9.88 Å². The van der Waals surface area contributed by atoms with Gasteiger partial charge in [0.05, 0.1) is 6.20 Å². The highest BCUT2D eigenvalue weighted by molar-refractivity contribution is 5.88. The van der Waals surface area contributed by atoms with E-state index in [1.54, 1.807) is 11.0 Å². The van der Waals surface area contributed by atoms with Gasteiger partial charge < -0.3 is 14.9 Å². The number of hydrogen-bond acceptors (Lipinski definition) is 4. The average molecular weight is 312 g/mol. The SMILES string of the molecule is Cc1ccc(N2CCN(C(=O)Nc3ccc(O)cn3)CC2)cc1. The molecule has 120 valence electrons. The minimum absolute atomic E-state index is 0.0784. The van der Waals surface area contributed by atoms with E-state index >= 15 is 0 Å². The Kier molecular flexibility index (Phi) is 4.32. The predicted octanol–water partition coefficient (Wildman–Crippen LogP) is 2.45. The lowest BCUT2D eigenvalue weighted by Gasteiger charge is -2.36. The van der Waals surface area contributed by atoms with Crippen LogP contribution in [-0.2, 0) is 0 Å². The molecule has 23 heavy (non-hydrogen) atoms. The van der Waals surface area contributed by atoms with Crippen LogP contribution < -0.4 is 10.2 Å². The van der Waals surface area contributed by atoms with Crippen molar-refractivity contribution >= 4 is 17.5 Å². The third-order valence-electron chi connectivity index (χ3n) is 3.95. The third-order valence-corrected chi connectivity index (χ3v) is 3.95. The maximum absolute atomic E-state index is 12.2. The predicted molar refractivity (Wildman–Crippen MR) is 89.9 cm³/mol. The molecule has 0 unspecified atom stereocenters. The van der Waals surface area contributed by atoms with Gasteiger partial charge in [0.25, 0.3) is 0 Å². The third kappa shape index (κ3) is 3.71. The van der Waals surface area contributed by atoms with Crippen LogP contribution in [0.1, 0.15) is 5.56 Å². The van der Waals surface area contributed by atoms with Crippen LogP contribution in [0.5, 0.6) is 5.75 Å². The van der Waals surface area contributed by atoms with Gasteiger partial charge in [-0.3, -0.25) is 5.32 Å². The van der Waals surface area contributed by atoms with Gasteiger partial charge in [-0.15, -0.1) is 0 Å². The highest BCUT2D eigenvalue weighted by Crippen LogP contribution is 2.17. The number of piperazine rings is 1. The topological polar surface area (TPSA) is 68.7 Å². The van der Waals surface area contributed by atoms with Crippen LogP contribution in [0.2, 0.25) is 0 Å². The summed E-state index contributed by atoms with van der Waals surface area (Å²) in [5.74, 6) is 0.517. The number of carbonyl (C=O) groups is 1. The van der Waals surface area contributed by atoms with Gasteiger partial charge in [0.1, 0.15) is 11.6 Å². The number of hydrogen-bond donors (Lipinski definition) is 2. The van der Waals surface area contributed by atoms with Gasteiger partial charge in [-0.25, -0.2) is 9.78 Å². The lowest BCUT2D eigenvalue weighted by atomic mass is 10.2. The summed E-state index contributed by atoms with van der Waals surface area (Å²) in [6, 6.07) is 11.4. The normalized spacial score (nSPS) is 14.7. The molecule has 1 fully saturated rings. The monoisotopic (exact) mass is 312 g/mol. The van der Waals surface area contributed by atoms with Crippen LogP contribution in [-0.4, -0.2) is 47.2 Å². The molecular weight excluding hydrogens is 292 g/mol. The number of aryl methyl sites for hydroxylation is 1. The Hall–Kier alpha value is -2.76. The van der Waals surface area contributed by atoms with E-state index in [-0.39, 0.29) is 11.8 Å². The Bertz CT molecular complexity index is 662. The van der Waals surface area contributed by atoms with Crippen LogP contribution in [0.3, 0.4) is 0 Å². The number of amides is 2. The molecule has 1 saturated heterocycles. The molecule has 0 spiro atoms. The quantitative estimate of drug-likeness (QED) is 0.894. The zero-order valence-corrected chi connectivity index (χ0v) is 13.1. The molecule has 0 radical (unpaired) electrons. The number of nitrogens with one attached hydrogen (secondary N) is 1. The van der Waals surface area contributed by atoms with Gasteiger partial charge in [0.15, 0.2) is 0 Å². The van der Waals surface area contributed by atoms with E-state index in [1.165, 1.54) is 23.5 Å². The minimum atomic E-state index is -0.160. The molecule has 0 atom stereocenters. The molecule has 1 aliphatic rings. The Labute approximate surface area is 135 Å². The summed E-state index contributed by atoms with van der Waals surface area (Å²) in [7, 11) is 0. The summed E-state index contributed by atoms with van der Waals surface area (Å²) in [5.41, 5.74) is 2.43. The smallest absolute Gasteiger partial charge is 0.323 e. The standard InChI is InChI=1S/C17H20N4O2/c1-13-2-4-14(5-3-13)20-8-10-21(11-9-20)17(23)19-16-7-6-15(22)12-18-16/h2-7,12,22H,8-11H2,1H3,(H,18,19,23). The van der Waals surface area contributed by atoms with Gasteiger partial charge in [0.2, 0.25) is 0 Å². The number of rotatable bonds is 2. The van der Waals surface area contributed by atoms with Gasteiger partial charge in [0, 0.05) is 31.9 Å². The number of carbonyl (C=O) groups excluding carboxylic acids is 1. The number of aromatic hydroxyl groups is 1. The van der Waals surface area contributed by atoms with Crippen LogP contribution in [0, 0.1) is 6.92 Å². The molecule has 1 aromatic heterocycles. The summed E-state index contributed by atoms with van der Waals surface area (Å²) < 4.78 is 0. The number of aromatic nitrogens is 1. The molecule has 2 N–H and O–H groups in total. The highest BCUT2D eigenvalue weighted by atomic mass is 16.3. The lowest BCUT2D eigenvalue weighted by Crippen LogP contribution is -2.50.